The maximum atomic E-state index is 14.6. The molecule has 0 saturated carbocycles. The van der Waals surface area contributed by atoms with Gasteiger partial charge in [0.05, 0.1) is 36.5 Å². The first-order chi connectivity index (χ1) is 19.8. The van der Waals surface area contributed by atoms with Crippen LogP contribution >= 0.6 is 7.52 Å². The van der Waals surface area contributed by atoms with Gasteiger partial charge >= 0.3 is 7.52 Å². The fraction of sp³-hybridized carbons (Fsp3) is 0.667. The number of hydrogen-bond donors (Lipinski definition) is 3. The Hall–Kier alpha value is -2.18. The summed E-state index contributed by atoms with van der Waals surface area (Å²) in [4.78, 5) is 15.6. The molecule has 0 bridgehead atoms. The van der Waals surface area contributed by atoms with Gasteiger partial charge < -0.3 is 24.3 Å². The predicted molar refractivity (Wildman–Crippen MR) is 181 cm³/mol. The van der Waals surface area contributed by atoms with Gasteiger partial charge in [0.25, 0.3) is 5.91 Å². The van der Waals surface area contributed by atoms with E-state index in [1.54, 1.807) is 11.0 Å². The monoisotopic (exact) mass is 670 g/mol. The summed E-state index contributed by atoms with van der Waals surface area (Å²) in [6.07, 6.45) is 1.73. The highest BCUT2D eigenvalue weighted by Crippen LogP contribution is 2.53. The molecule has 0 radical (unpaired) electrons. The van der Waals surface area contributed by atoms with Crippen LogP contribution in [0.15, 0.2) is 34.3 Å². The van der Waals surface area contributed by atoms with Crippen LogP contribution in [0.5, 0.6) is 0 Å². The van der Waals surface area contributed by atoms with E-state index in [4.69, 9.17) is 8.95 Å². The molecule has 0 fully saturated rings. The van der Waals surface area contributed by atoms with Crippen LogP contribution in [-0.4, -0.2) is 70.5 Å². The van der Waals surface area contributed by atoms with Gasteiger partial charge in [-0.05, 0) is 53.6 Å². The molecule has 2 aliphatic heterocycles. The van der Waals surface area contributed by atoms with E-state index in [2.05, 4.69) is 69.4 Å². The number of anilines is 2. The Morgan fingerprint density at radius 1 is 1.09 bits per heavy atom. The van der Waals surface area contributed by atoms with Gasteiger partial charge in [0, 0.05) is 12.2 Å². The van der Waals surface area contributed by atoms with Crippen molar-refractivity contribution in [3.05, 3.63) is 29.5 Å². The topological polar surface area (TPSA) is 147 Å². The molecule has 0 aliphatic carbocycles. The summed E-state index contributed by atoms with van der Waals surface area (Å²) in [5.74, 6) is -0.608. The van der Waals surface area contributed by atoms with Gasteiger partial charge in [-0.25, -0.2) is 8.42 Å². The number of fused-ring (bicyclic) bond motifs is 1. The Morgan fingerprint density at radius 2 is 1.70 bits per heavy atom. The van der Waals surface area contributed by atoms with Gasteiger partial charge in [-0.15, -0.1) is 0 Å². The quantitative estimate of drug-likeness (QED) is 0.151. The van der Waals surface area contributed by atoms with Crippen molar-refractivity contribution < 1.29 is 31.8 Å². The van der Waals surface area contributed by atoms with Crippen LogP contribution in [-0.2, 0) is 28.3 Å². The van der Waals surface area contributed by atoms with Crippen molar-refractivity contribution in [1.29, 1.82) is 0 Å². The molecule has 0 spiro atoms. The smallest absolute Gasteiger partial charge is 0.348 e. The lowest BCUT2D eigenvalue weighted by atomic mass is 9.84. The standard InChI is InChI=1S/C30H51N4O7PSSi/c1-28(2,3)15-16-34-25(29(4,5)6)24(35)23(27(34)36)26-31-21-14-13-20(33-43(10,38)39)19-22(21)42(37,32-26)40-17-18-41-44(11,12)30(7,8)9/h13-14,19,25,33,35H,15-18H2,1-12H3,(H,31,32,37). The Balaban J connectivity index is 2.07. The minimum absolute atomic E-state index is 0.0362. The SMILES string of the molecule is CC(C)(C)CCN1C(=O)C(C2=NP(=O)(OCCO[Si](C)(C)C(C)(C)C)c3cc(NS(C)(=O)=O)ccc3N2)=C(O)C1C(C)(C)C. The second-order valence-corrected chi connectivity index (χ2v) is 24.0. The Morgan fingerprint density at radius 3 is 2.23 bits per heavy atom. The molecule has 0 saturated heterocycles. The average Bonchev–Trinajstić information content (AvgIpc) is 3.08. The number of carbonyl (C=O) groups is 1. The van der Waals surface area contributed by atoms with E-state index in [1.165, 1.54) is 12.1 Å². The Bertz CT molecular complexity index is 1500. The van der Waals surface area contributed by atoms with E-state index < -0.39 is 43.2 Å². The summed E-state index contributed by atoms with van der Waals surface area (Å²) in [6, 6.07) is 3.86. The van der Waals surface area contributed by atoms with Crippen LogP contribution in [0.1, 0.15) is 68.7 Å². The summed E-state index contributed by atoms with van der Waals surface area (Å²) in [7, 11) is -9.82. The molecule has 14 heteroatoms. The number of amides is 1. The first-order valence-corrected chi connectivity index (χ1v) is 21.3. The minimum atomic E-state index is -4.09. The summed E-state index contributed by atoms with van der Waals surface area (Å²) in [5, 5.41) is 14.7. The molecule has 248 valence electrons. The molecule has 3 N–H and O–H groups in total. The van der Waals surface area contributed by atoms with Crippen LogP contribution in [0.25, 0.3) is 0 Å². The third-order valence-corrected chi connectivity index (χ3v) is 15.3. The summed E-state index contributed by atoms with van der Waals surface area (Å²) < 4.78 is 57.5. The van der Waals surface area contributed by atoms with Crippen LogP contribution < -0.4 is 15.3 Å². The fourth-order valence-electron chi connectivity index (χ4n) is 4.81. The predicted octanol–water partition coefficient (Wildman–Crippen LogP) is 6.24. The number of amidine groups is 1. The lowest BCUT2D eigenvalue weighted by Gasteiger charge is -2.36. The summed E-state index contributed by atoms with van der Waals surface area (Å²) in [6.45, 7) is 23.2. The second kappa shape index (κ2) is 12.2. The molecule has 0 aromatic heterocycles. The highest BCUT2D eigenvalue weighted by Gasteiger charge is 2.49. The minimum Gasteiger partial charge on any atom is -0.509 e. The van der Waals surface area contributed by atoms with Gasteiger partial charge in [0.2, 0.25) is 10.0 Å². The maximum Gasteiger partial charge on any atom is 0.348 e. The number of aliphatic hydroxyl groups is 1. The van der Waals surface area contributed by atoms with E-state index in [0.717, 1.165) is 6.26 Å². The van der Waals surface area contributed by atoms with Crippen LogP contribution in [0.3, 0.4) is 0 Å². The molecule has 2 unspecified atom stereocenters. The third kappa shape index (κ3) is 8.34. The number of rotatable bonds is 10. The fourth-order valence-corrected chi connectivity index (χ4v) is 8.17. The molecule has 11 nitrogen and oxygen atoms in total. The molecular weight excluding hydrogens is 619 g/mol. The van der Waals surface area contributed by atoms with Crippen molar-refractivity contribution in [1.82, 2.24) is 4.90 Å². The first-order valence-electron chi connectivity index (χ1n) is 14.9. The van der Waals surface area contributed by atoms with E-state index in [1.807, 2.05) is 20.8 Å². The molecule has 1 aromatic carbocycles. The maximum absolute atomic E-state index is 14.6. The number of nitrogens with zero attached hydrogens (tertiary/aromatic N) is 2. The molecule has 2 heterocycles. The highest BCUT2D eigenvalue weighted by atomic mass is 32.2. The van der Waals surface area contributed by atoms with E-state index in [-0.39, 0.29) is 51.8 Å². The Labute approximate surface area is 264 Å². The van der Waals surface area contributed by atoms with Crippen molar-refractivity contribution in [3.63, 3.8) is 0 Å². The molecule has 1 aromatic rings. The Kier molecular flexibility index (Phi) is 10.1. The number of aliphatic hydroxyl groups excluding tert-OH is 1. The molecule has 3 rings (SSSR count). The molecule has 2 aliphatic rings. The molecule has 2 atom stereocenters. The molecular formula is C30H51N4O7PSSi. The van der Waals surface area contributed by atoms with Crippen molar-refractivity contribution in [2.24, 2.45) is 15.6 Å². The lowest BCUT2D eigenvalue weighted by molar-refractivity contribution is -0.128. The molecule has 1 amide bonds. The first kappa shape index (κ1) is 36.3. The normalized spacial score (nSPS) is 21.7. The van der Waals surface area contributed by atoms with Gasteiger partial charge in [0.1, 0.15) is 11.3 Å². The zero-order chi connectivity index (χ0) is 33.7. The largest absolute Gasteiger partial charge is 0.509 e. The van der Waals surface area contributed by atoms with Crippen molar-refractivity contribution in [3.8, 4) is 0 Å². The zero-order valence-corrected chi connectivity index (χ0v) is 31.0. The average molecular weight is 671 g/mol. The summed E-state index contributed by atoms with van der Waals surface area (Å²) in [5.41, 5.74) is -0.0809. The van der Waals surface area contributed by atoms with Crippen LogP contribution in [0.4, 0.5) is 11.4 Å². The lowest BCUT2D eigenvalue weighted by Crippen LogP contribution is -2.45. The number of sulfonamides is 1. The number of benzene rings is 1. The van der Waals surface area contributed by atoms with E-state index in [0.29, 0.717) is 18.7 Å². The zero-order valence-electron chi connectivity index (χ0n) is 28.3. The number of hydrogen-bond acceptors (Lipinski definition) is 8. The van der Waals surface area contributed by atoms with Crippen molar-refractivity contribution >= 4 is 54.3 Å². The van der Waals surface area contributed by atoms with Crippen LogP contribution in [0, 0.1) is 10.8 Å². The van der Waals surface area contributed by atoms with Gasteiger partial charge in [-0.2, -0.15) is 4.76 Å². The number of nitrogens with one attached hydrogen (secondary N) is 2. The summed E-state index contributed by atoms with van der Waals surface area (Å²) >= 11 is 0. The highest BCUT2D eigenvalue weighted by molar-refractivity contribution is 7.92. The van der Waals surface area contributed by atoms with Crippen molar-refractivity contribution in [2.45, 2.75) is 92.9 Å². The van der Waals surface area contributed by atoms with Crippen LogP contribution in [0.2, 0.25) is 18.1 Å². The van der Waals surface area contributed by atoms with E-state index in [9.17, 15) is 22.9 Å². The van der Waals surface area contributed by atoms with Gasteiger partial charge in [-0.1, -0.05) is 62.3 Å². The van der Waals surface area contributed by atoms with Gasteiger partial charge in [-0.3, -0.25) is 14.1 Å². The number of carbonyl (C=O) groups excluding carboxylic acids is 1. The molecule has 44 heavy (non-hydrogen) atoms. The van der Waals surface area contributed by atoms with E-state index >= 15 is 0 Å². The van der Waals surface area contributed by atoms with Gasteiger partial charge in [0.15, 0.2) is 14.2 Å². The third-order valence-electron chi connectivity index (χ3n) is 8.17. The second-order valence-electron chi connectivity index (χ2n) is 15.5. The van der Waals surface area contributed by atoms with Crippen molar-refractivity contribution in [2.75, 3.05) is 36.1 Å².